The quantitative estimate of drug-likeness (QED) is 0.261. The van der Waals surface area contributed by atoms with Crippen molar-refractivity contribution in [3.63, 3.8) is 0 Å². The van der Waals surface area contributed by atoms with Crippen molar-refractivity contribution < 1.29 is 5.11 Å². The molecule has 1 aliphatic rings. The first-order valence-corrected chi connectivity index (χ1v) is 9.67. The Kier molecular flexibility index (Phi) is 9.44. The maximum atomic E-state index is 10.5. The monoisotopic (exact) mass is 463 g/mol. The van der Waals surface area contributed by atoms with Gasteiger partial charge in [-0.25, -0.2) is 4.99 Å². The zero-order valence-electron chi connectivity index (χ0n) is 14.9. The molecule has 1 aromatic carbocycles. The maximum Gasteiger partial charge on any atom is 0.191 e. The summed E-state index contributed by atoms with van der Waals surface area (Å²) in [6.45, 7) is 6.20. The lowest BCUT2D eigenvalue weighted by atomic mass is 10.0. The van der Waals surface area contributed by atoms with Crippen molar-refractivity contribution in [1.82, 2.24) is 10.6 Å². The fraction of sp³-hybridized carbons (Fsp3) is 0.611. The van der Waals surface area contributed by atoms with Crippen molar-refractivity contribution in [2.24, 2.45) is 4.99 Å². The number of hydrogen-bond acceptors (Lipinski definition) is 3. The molecule has 0 aliphatic heterocycles. The van der Waals surface area contributed by atoms with Crippen LogP contribution in [0.4, 0.5) is 0 Å². The van der Waals surface area contributed by atoms with Crippen molar-refractivity contribution in [2.45, 2.75) is 56.6 Å². The summed E-state index contributed by atoms with van der Waals surface area (Å²) in [6.07, 6.45) is 6.10. The second kappa shape index (κ2) is 10.5. The van der Waals surface area contributed by atoms with Crippen LogP contribution in [0.25, 0.3) is 0 Å². The molecule has 0 bridgehead atoms. The highest BCUT2D eigenvalue weighted by Crippen LogP contribution is 2.28. The SMILES string of the molecule is CCNC(=NCc1ccc(C)cc1SC)NCC1(O)CCCC1.I. The van der Waals surface area contributed by atoms with Crippen molar-refractivity contribution in [1.29, 1.82) is 0 Å². The minimum Gasteiger partial charge on any atom is -0.388 e. The van der Waals surface area contributed by atoms with Gasteiger partial charge in [-0.2, -0.15) is 0 Å². The van der Waals surface area contributed by atoms with Gasteiger partial charge in [-0.3, -0.25) is 0 Å². The van der Waals surface area contributed by atoms with Crippen LogP contribution < -0.4 is 10.6 Å². The molecule has 1 fully saturated rings. The molecule has 2 rings (SSSR count). The van der Waals surface area contributed by atoms with Gasteiger partial charge < -0.3 is 15.7 Å². The van der Waals surface area contributed by atoms with E-state index in [1.807, 2.05) is 0 Å². The maximum absolute atomic E-state index is 10.5. The molecular weight excluding hydrogens is 433 g/mol. The lowest BCUT2D eigenvalue weighted by molar-refractivity contribution is 0.0522. The van der Waals surface area contributed by atoms with E-state index in [4.69, 9.17) is 0 Å². The molecule has 0 heterocycles. The minimum absolute atomic E-state index is 0. The van der Waals surface area contributed by atoms with Crippen molar-refractivity contribution >= 4 is 41.7 Å². The van der Waals surface area contributed by atoms with E-state index in [0.717, 1.165) is 38.2 Å². The van der Waals surface area contributed by atoms with Crippen molar-refractivity contribution in [3.8, 4) is 0 Å². The Bertz CT molecular complexity index is 545. The van der Waals surface area contributed by atoms with Crippen LogP contribution in [0.5, 0.6) is 0 Å². The summed E-state index contributed by atoms with van der Waals surface area (Å²) in [6, 6.07) is 6.49. The van der Waals surface area contributed by atoms with Crippen LogP contribution in [0.2, 0.25) is 0 Å². The summed E-state index contributed by atoms with van der Waals surface area (Å²) in [7, 11) is 0. The number of aliphatic hydroxyl groups is 1. The summed E-state index contributed by atoms with van der Waals surface area (Å²) in [5, 5.41) is 17.0. The van der Waals surface area contributed by atoms with E-state index in [1.165, 1.54) is 16.0 Å². The fourth-order valence-electron chi connectivity index (χ4n) is 2.95. The van der Waals surface area contributed by atoms with Crippen LogP contribution in [-0.4, -0.2) is 36.0 Å². The van der Waals surface area contributed by atoms with E-state index in [2.05, 4.69) is 53.9 Å². The molecule has 1 saturated carbocycles. The highest BCUT2D eigenvalue weighted by Gasteiger charge is 2.30. The zero-order chi connectivity index (χ0) is 16.7. The van der Waals surface area contributed by atoms with Crippen LogP contribution in [-0.2, 0) is 6.54 Å². The van der Waals surface area contributed by atoms with Gasteiger partial charge in [0.05, 0.1) is 12.1 Å². The van der Waals surface area contributed by atoms with Gasteiger partial charge in [-0.15, -0.1) is 35.7 Å². The molecule has 0 amide bonds. The Morgan fingerprint density at radius 3 is 2.62 bits per heavy atom. The van der Waals surface area contributed by atoms with E-state index in [1.54, 1.807) is 11.8 Å². The van der Waals surface area contributed by atoms with Crippen molar-refractivity contribution in [3.05, 3.63) is 29.3 Å². The van der Waals surface area contributed by atoms with E-state index in [-0.39, 0.29) is 24.0 Å². The molecule has 136 valence electrons. The molecule has 4 nitrogen and oxygen atoms in total. The fourth-order valence-corrected chi connectivity index (χ4v) is 3.65. The average Bonchev–Trinajstić information content (AvgIpc) is 2.98. The molecule has 1 aliphatic carbocycles. The number of nitrogens with one attached hydrogen (secondary N) is 2. The molecule has 0 radical (unpaired) electrons. The highest BCUT2D eigenvalue weighted by atomic mass is 127. The first-order chi connectivity index (χ1) is 11.1. The molecule has 0 aromatic heterocycles. The van der Waals surface area contributed by atoms with E-state index >= 15 is 0 Å². The van der Waals surface area contributed by atoms with Crippen LogP contribution >= 0.6 is 35.7 Å². The van der Waals surface area contributed by atoms with Gasteiger partial charge >= 0.3 is 0 Å². The van der Waals surface area contributed by atoms with Gasteiger partial charge in [0.15, 0.2) is 5.96 Å². The second-order valence-electron chi connectivity index (χ2n) is 6.30. The van der Waals surface area contributed by atoms with Gasteiger partial charge in [-0.1, -0.05) is 25.0 Å². The number of guanidine groups is 1. The van der Waals surface area contributed by atoms with Gasteiger partial charge in [0, 0.05) is 18.0 Å². The number of aryl methyl sites for hydroxylation is 1. The van der Waals surface area contributed by atoms with E-state index < -0.39 is 5.60 Å². The van der Waals surface area contributed by atoms with Crippen LogP contribution in [0, 0.1) is 6.92 Å². The van der Waals surface area contributed by atoms with Crippen LogP contribution in [0.3, 0.4) is 0 Å². The van der Waals surface area contributed by atoms with Gasteiger partial charge in [0.1, 0.15) is 0 Å². The smallest absolute Gasteiger partial charge is 0.191 e. The number of benzene rings is 1. The summed E-state index contributed by atoms with van der Waals surface area (Å²) in [5.74, 6) is 0.778. The number of rotatable bonds is 6. The Morgan fingerprint density at radius 2 is 2.00 bits per heavy atom. The summed E-state index contributed by atoms with van der Waals surface area (Å²) < 4.78 is 0. The lowest BCUT2D eigenvalue weighted by Gasteiger charge is -2.23. The second-order valence-corrected chi connectivity index (χ2v) is 7.14. The molecule has 24 heavy (non-hydrogen) atoms. The van der Waals surface area contributed by atoms with Crippen molar-refractivity contribution in [2.75, 3.05) is 19.3 Å². The molecule has 0 spiro atoms. The third-order valence-corrected chi connectivity index (χ3v) is 5.13. The summed E-state index contributed by atoms with van der Waals surface area (Å²) in [5.41, 5.74) is 1.94. The number of nitrogens with zero attached hydrogens (tertiary/aromatic N) is 1. The number of aliphatic imine (C=N–C) groups is 1. The molecule has 0 atom stereocenters. The molecule has 3 N–H and O–H groups in total. The summed E-state index contributed by atoms with van der Waals surface area (Å²) >= 11 is 1.76. The number of halogens is 1. The molecular formula is C18H30IN3OS. The first kappa shape index (κ1) is 21.6. The van der Waals surface area contributed by atoms with Crippen LogP contribution in [0.1, 0.15) is 43.7 Å². The third-order valence-electron chi connectivity index (χ3n) is 4.31. The predicted octanol–water partition coefficient (Wildman–Crippen LogP) is 3.70. The largest absolute Gasteiger partial charge is 0.388 e. The predicted molar refractivity (Wildman–Crippen MR) is 115 cm³/mol. The van der Waals surface area contributed by atoms with Gasteiger partial charge in [0.2, 0.25) is 0 Å². The minimum atomic E-state index is -0.565. The molecule has 1 aromatic rings. The number of hydrogen-bond donors (Lipinski definition) is 3. The molecule has 0 saturated heterocycles. The first-order valence-electron chi connectivity index (χ1n) is 8.44. The van der Waals surface area contributed by atoms with Gasteiger partial charge in [0.25, 0.3) is 0 Å². The highest BCUT2D eigenvalue weighted by molar-refractivity contribution is 14.0. The Hall–Kier alpha value is -0.470. The molecule has 6 heteroatoms. The van der Waals surface area contributed by atoms with E-state index in [0.29, 0.717) is 13.1 Å². The average molecular weight is 463 g/mol. The topological polar surface area (TPSA) is 56.7 Å². The standard InChI is InChI=1S/C18H29N3OS.HI/c1-4-19-17(21-13-18(22)9-5-6-10-18)20-12-15-8-7-14(2)11-16(15)23-3;/h7-8,11,22H,4-6,9-10,12-13H2,1-3H3,(H2,19,20,21);1H. The normalized spacial score (nSPS) is 16.6. The lowest BCUT2D eigenvalue weighted by Crippen LogP contribution is -2.46. The molecule has 0 unspecified atom stereocenters. The number of thioether (sulfide) groups is 1. The van der Waals surface area contributed by atoms with Crippen LogP contribution in [0.15, 0.2) is 28.1 Å². The Balaban J connectivity index is 0.00000288. The zero-order valence-corrected chi connectivity index (χ0v) is 18.0. The third kappa shape index (κ3) is 6.44. The van der Waals surface area contributed by atoms with Gasteiger partial charge in [-0.05, 0) is 50.1 Å². The van der Waals surface area contributed by atoms with E-state index in [9.17, 15) is 5.11 Å². The Morgan fingerprint density at radius 1 is 1.29 bits per heavy atom. The Labute approximate surface area is 167 Å². The summed E-state index contributed by atoms with van der Waals surface area (Å²) in [4.78, 5) is 5.96.